The van der Waals surface area contributed by atoms with Crippen LogP contribution in [0.1, 0.15) is 12.5 Å². The molecule has 0 spiro atoms. The van der Waals surface area contributed by atoms with Crippen molar-refractivity contribution in [3.8, 4) is 6.07 Å². The number of hydrogen-bond donors (Lipinski definition) is 0. The third-order valence-electron chi connectivity index (χ3n) is 3.88. The van der Waals surface area contributed by atoms with E-state index in [4.69, 9.17) is 16.9 Å². The van der Waals surface area contributed by atoms with Crippen molar-refractivity contribution >= 4 is 21.6 Å². The number of sulfonamides is 1. The number of halogens is 4. The van der Waals surface area contributed by atoms with Crippen LogP contribution in [0.3, 0.4) is 0 Å². The highest BCUT2D eigenvalue weighted by Crippen LogP contribution is 2.34. The van der Waals surface area contributed by atoms with Gasteiger partial charge in [-0.3, -0.25) is 4.90 Å². The SMILES string of the molecule is C[C@H](C#N)N1CCN(S(=O)(=O)c2cc(C(F)(F)F)ccc2Cl)CC1. The van der Waals surface area contributed by atoms with Gasteiger partial charge in [0, 0.05) is 26.2 Å². The summed E-state index contributed by atoms with van der Waals surface area (Å²) in [4.78, 5) is 1.25. The summed E-state index contributed by atoms with van der Waals surface area (Å²) in [7, 11) is -4.14. The Morgan fingerprint density at radius 1 is 1.25 bits per heavy atom. The van der Waals surface area contributed by atoms with Gasteiger partial charge in [-0.15, -0.1) is 0 Å². The molecule has 1 heterocycles. The summed E-state index contributed by atoms with van der Waals surface area (Å²) >= 11 is 5.82. The van der Waals surface area contributed by atoms with E-state index in [2.05, 4.69) is 6.07 Å². The highest BCUT2D eigenvalue weighted by atomic mass is 35.5. The molecule has 0 aromatic heterocycles. The number of rotatable bonds is 3. The van der Waals surface area contributed by atoms with Gasteiger partial charge in [-0.1, -0.05) is 11.6 Å². The molecule has 10 heteroatoms. The van der Waals surface area contributed by atoms with Crippen LogP contribution in [0.25, 0.3) is 0 Å². The van der Waals surface area contributed by atoms with Crippen LogP contribution in [0.2, 0.25) is 5.02 Å². The molecule has 0 unspecified atom stereocenters. The van der Waals surface area contributed by atoms with Gasteiger partial charge in [0.2, 0.25) is 10.0 Å². The average Bonchev–Trinajstić information content (AvgIpc) is 2.53. The molecule has 0 aliphatic carbocycles. The first-order valence-electron chi connectivity index (χ1n) is 7.08. The predicted molar refractivity (Wildman–Crippen MR) is 81.9 cm³/mol. The quantitative estimate of drug-likeness (QED) is 0.807. The van der Waals surface area contributed by atoms with E-state index < -0.39 is 26.7 Å². The fraction of sp³-hybridized carbons (Fsp3) is 0.500. The maximum atomic E-state index is 12.8. The lowest BCUT2D eigenvalue weighted by Crippen LogP contribution is -2.51. The minimum atomic E-state index is -4.66. The van der Waals surface area contributed by atoms with Crippen LogP contribution in [0, 0.1) is 11.3 Å². The van der Waals surface area contributed by atoms with Crippen LogP contribution in [-0.4, -0.2) is 49.8 Å². The minimum absolute atomic E-state index is 0.0843. The number of nitriles is 1. The van der Waals surface area contributed by atoms with Crippen molar-refractivity contribution in [3.63, 3.8) is 0 Å². The minimum Gasteiger partial charge on any atom is -0.286 e. The molecular formula is C14H15ClF3N3O2S. The second-order valence-electron chi connectivity index (χ2n) is 5.39. The molecule has 0 saturated carbocycles. The molecule has 1 fully saturated rings. The smallest absolute Gasteiger partial charge is 0.286 e. The highest BCUT2D eigenvalue weighted by molar-refractivity contribution is 7.89. The van der Waals surface area contributed by atoms with Crippen molar-refractivity contribution in [2.45, 2.75) is 24.0 Å². The van der Waals surface area contributed by atoms with Crippen LogP contribution in [-0.2, 0) is 16.2 Å². The number of piperazine rings is 1. The summed E-state index contributed by atoms with van der Waals surface area (Å²) in [5, 5.41) is 8.63. The molecule has 0 amide bonds. The molecule has 0 bridgehead atoms. The molecule has 5 nitrogen and oxygen atoms in total. The fourth-order valence-electron chi connectivity index (χ4n) is 2.43. The van der Waals surface area contributed by atoms with Crippen molar-refractivity contribution in [2.75, 3.05) is 26.2 Å². The normalized spacial score (nSPS) is 19.0. The Bertz CT molecular complexity index is 754. The Morgan fingerprint density at radius 2 is 1.83 bits per heavy atom. The molecule has 132 valence electrons. The van der Waals surface area contributed by atoms with E-state index in [1.165, 1.54) is 0 Å². The van der Waals surface area contributed by atoms with Crippen molar-refractivity contribution in [1.29, 1.82) is 5.26 Å². The summed E-state index contributed by atoms with van der Waals surface area (Å²) < 4.78 is 64.8. The monoisotopic (exact) mass is 381 g/mol. The standard InChI is InChI=1S/C14H15ClF3N3O2S/c1-10(9-19)20-4-6-21(7-5-20)24(22,23)13-8-11(14(16,17)18)2-3-12(13)15/h2-3,8,10H,4-7H2,1H3/t10-/m1/s1. The van der Waals surface area contributed by atoms with Crippen LogP contribution in [0.5, 0.6) is 0 Å². The Balaban J connectivity index is 2.28. The highest BCUT2D eigenvalue weighted by Gasteiger charge is 2.35. The first-order chi connectivity index (χ1) is 11.1. The van der Waals surface area contributed by atoms with Crippen LogP contribution in [0.15, 0.2) is 23.1 Å². The van der Waals surface area contributed by atoms with Gasteiger partial charge in [0.05, 0.1) is 22.7 Å². The summed E-state index contributed by atoms with van der Waals surface area (Å²) in [5.74, 6) is 0. The predicted octanol–water partition coefficient (Wildman–Crippen LogP) is 2.58. The second kappa shape index (κ2) is 6.88. The summed E-state index contributed by atoms with van der Waals surface area (Å²) in [6.07, 6.45) is -4.66. The van der Waals surface area contributed by atoms with Gasteiger partial charge < -0.3 is 0 Å². The third-order valence-corrected chi connectivity index (χ3v) is 6.26. The Morgan fingerprint density at radius 3 is 2.33 bits per heavy atom. The first-order valence-corrected chi connectivity index (χ1v) is 8.89. The van der Waals surface area contributed by atoms with Crippen LogP contribution in [0.4, 0.5) is 13.2 Å². The summed E-state index contributed by atoms with van der Waals surface area (Å²) in [6, 6.07) is 3.95. The lowest BCUT2D eigenvalue weighted by molar-refractivity contribution is -0.137. The third kappa shape index (κ3) is 3.83. The van der Waals surface area contributed by atoms with E-state index in [-0.39, 0.29) is 24.2 Å². The summed E-state index contributed by atoms with van der Waals surface area (Å²) in [6.45, 7) is 2.52. The molecular weight excluding hydrogens is 367 g/mol. The number of alkyl halides is 3. The van der Waals surface area contributed by atoms with Crippen molar-refractivity contribution in [2.24, 2.45) is 0 Å². The van der Waals surface area contributed by atoms with E-state index >= 15 is 0 Å². The van der Waals surface area contributed by atoms with Gasteiger partial charge in [0.1, 0.15) is 4.90 Å². The molecule has 1 atom stereocenters. The van der Waals surface area contributed by atoms with Crippen LogP contribution >= 0.6 is 11.6 Å². The maximum absolute atomic E-state index is 12.8. The molecule has 0 radical (unpaired) electrons. The van der Waals surface area contributed by atoms with E-state index in [1.54, 1.807) is 11.8 Å². The average molecular weight is 382 g/mol. The molecule has 2 rings (SSSR count). The number of hydrogen-bond acceptors (Lipinski definition) is 4. The lowest BCUT2D eigenvalue weighted by atomic mass is 10.2. The molecule has 1 aliphatic heterocycles. The Kier molecular flexibility index (Phi) is 5.44. The largest absolute Gasteiger partial charge is 0.416 e. The van der Waals surface area contributed by atoms with E-state index in [0.29, 0.717) is 19.2 Å². The molecule has 1 aromatic rings. The lowest BCUT2D eigenvalue weighted by Gasteiger charge is -2.35. The molecule has 1 aromatic carbocycles. The van der Waals surface area contributed by atoms with Crippen molar-refractivity contribution in [3.05, 3.63) is 28.8 Å². The Labute approximate surface area is 143 Å². The van der Waals surface area contributed by atoms with Gasteiger partial charge in [0.15, 0.2) is 0 Å². The van der Waals surface area contributed by atoms with Crippen molar-refractivity contribution in [1.82, 2.24) is 9.21 Å². The van der Waals surface area contributed by atoms with Crippen LogP contribution < -0.4 is 0 Å². The van der Waals surface area contributed by atoms with Gasteiger partial charge in [-0.25, -0.2) is 8.42 Å². The van der Waals surface area contributed by atoms with E-state index in [1.807, 2.05) is 0 Å². The number of benzene rings is 1. The molecule has 24 heavy (non-hydrogen) atoms. The maximum Gasteiger partial charge on any atom is 0.416 e. The van der Waals surface area contributed by atoms with Crippen molar-refractivity contribution < 1.29 is 21.6 Å². The Hall–Kier alpha value is -1.34. The fourth-order valence-corrected chi connectivity index (χ4v) is 4.35. The van der Waals surface area contributed by atoms with Gasteiger partial charge >= 0.3 is 6.18 Å². The zero-order chi connectivity index (χ0) is 18.1. The molecule has 1 aliphatic rings. The summed E-state index contributed by atoms with van der Waals surface area (Å²) in [5.41, 5.74) is -1.07. The molecule has 1 saturated heterocycles. The van der Waals surface area contributed by atoms with Gasteiger partial charge in [0.25, 0.3) is 0 Å². The zero-order valence-electron chi connectivity index (χ0n) is 12.7. The van der Waals surface area contributed by atoms with E-state index in [9.17, 15) is 21.6 Å². The second-order valence-corrected chi connectivity index (χ2v) is 7.70. The first kappa shape index (κ1) is 19.0. The topological polar surface area (TPSA) is 64.4 Å². The number of nitrogens with zero attached hydrogens (tertiary/aromatic N) is 3. The zero-order valence-corrected chi connectivity index (χ0v) is 14.3. The van der Waals surface area contributed by atoms with Gasteiger partial charge in [-0.2, -0.15) is 22.7 Å². The van der Waals surface area contributed by atoms with Gasteiger partial charge in [-0.05, 0) is 25.1 Å². The molecule has 0 N–H and O–H groups in total. The van der Waals surface area contributed by atoms with E-state index in [0.717, 1.165) is 16.4 Å².